The minimum atomic E-state index is 1.12. The normalized spacial score (nSPS) is 13.0. The van der Waals surface area contributed by atoms with Gasteiger partial charge in [0.25, 0.3) is 0 Å². The van der Waals surface area contributed by atoms with Gasteiger partial charge < -0.3 is 4.90 Å². The van der Waals surface area contributed by atoms with Gasteiger partial charge in [-0.3, -0.25) is 0 Å². The fourth-order valence-electron chi connectivity index (χ4n) is 8.41. The quantitative estimate of drug-likeness (QED) is 0.181. The van der Waals surface area contributed by atoms with E-state index >= 15 is 0 Å². The van der Waals surface area contributed by atoms with Crippen LogP contribution in [0.25, 0.3) is 66.1 Å². The molecule has 8 aromatic carbocycles. The van der Waals surface area contributed by atoms with E-state index in [2.05, 4.69) is 170 Å². The number of aryl methyl sites for hydroxylation is 2. The van der Waals surface area contributed by atoms with Crippen LogP contribution in [0.4, 0.5) is 17.1 Å². The number of fused-ring (bicyclic) bond motifs is 7. The summed E-state index contributed by atoms with van der Waals surface area (Å²) < 4.78 is 0. The molecule has 0 amide bonds. The highest BCUT2D eigenvalue weighted by atomic mass is 15.1. The van der Waals surface area contributed by atoms with Gasteiger partial charge in [0.15, 0.2) is 0 Å². The van der Waals surface area contributed by atoms with Crippen molar-refractivity contribution in [1.82, 2.24) is 0 Å². The molecule has 0 N–H and O–H groups in total. The summed E-state index contributed by atoms with van der Waals surface area (Å²) in [4.78, 5) is 2.49. The van der Waals surface area contributed by atoms with Crippen LogP contribution in [0.2, 0.25) is 0 Å². The van der Waals surface area contributed by atoms with Crippen molar-refractivity contribution >= 4 is 38.6 Å². The molecule has 10 rings (SSSR count). The second kappa shape index (κ2) is 11.6. The molecule has 0 fully saturated rings. The molecule has 50 heavy (non-hydrogen) atoms. The number of benzene rings is 8. The second-order valence-electron chi connectivity index (χ2n) is 14.1. The van der Waals surface area contributed by atoms with Crippen molar-refractivity contribution in [2.45, 2.75) is 32.6 Å². The van der Waals surface area contributed by atoms with Gasteiger partial charge in [-0.05, 0) is 165 Å². The average molecular weight is 640 g/mol. The predicted octanol–water partition coefficient (Wildman–Crippen LogP) is 13.6. The van der Waals surface area contributed by atoms with Gasteiger partial charge in [-0.15, -0.1) is 0 Å². The summed E-state index contributed by atoms with van der Waals surface area (Å²) >= 11 is 0. The van der Waals surface area contributed by atoms with E-state index in [1.807, 2.05) is 0 Å². The summed E-state index contributed by atoms with van der Waals surface area (Å²) in [5.74, 6) is 0. The summed E-state index contributed by atoms with van der Waals surface area (Å²) in [5, 5.41) is 5.12. The Kier molecular flexibility index (Phi) is 6.74. The standard InChI is InChI=1S/C49H37N/c1-32-16-22-41(23-17-32)50(48-25-21-34-12-8-9-15-43(34)49(48)35-13-6-3-7-14-35)42-24-20-38-29-45-44-28-37-19-18-36(33-10-4-2-5-11-33)26-39(37)30-46(44)47(45)31-40(38)27-42/h2-7,10-11,13-14,16-31H,8-9,12,15H2,1H3. The lowest BCUT2D eigenvalue weighted by atomic mass is 9.77. The Hall–Kier alpha value is -5.92. The van der Waals surface area contributed by atoms with Gasteiger partial charge in [0.05, 0.1) is 5.69 Å². The molecule has 0 bridgehead atoms. The minimum absolute atomic E-state index is 1.12. The van der Waals surface area contributed by atoms with Gasteiger partial charge >= 0.3 is 0 Å². The Morgan fingerprint density at radius 2 is 1.00 bits per heavy atom. The zero-order valence-electron chi connectivity index (χ0n) is 28.3. The maximum atomic E-state index is 2.49. The van der Waals surface area contributed by atoms with Crippen LogP contribution in [-0.4, -0.2) is 0 Å². The van der Waals surface area contributed by atoms with E-state index in [4.69, 9.17) is 0 Å². The SMILES string of the molecule is Cc1ccc(N(c2ccc3cc4c(cc3c2)-c2cc3cc(-c5ccccc5)ccc3cc2-4)c2ccc3c(c2-c2ccccc2)CCCC3)cc1. The first-order chi connectivity index (χ1) is 24.7. The molecule has 2 aliphatic rings. The van der Waals surface area contributed by atoms with Crippen molar-refractivity contribution in [3.8, 4) is 44.5 Å². The van der Waals surface area contributed by atoms with Gasteiger partial charge in [0.1, 0.15) is 0 Å². The molecule has 0 unspecified atom stereocenters. The van der Waals surface area contributed by atoms with E-state index in [9.17, 15) is 0 Å². The molecular weight excluding hydrogens is 603 g/mol. The topological polar surface area (TPSA) is 3.24 Å². The van der Waals surface area contributed by atoms with Crippen LogP contribution in [0.15, 0.2) is 158 Å². The van der Waals surface area contributed by atoms with Crippen LogP contribution in [0, 0.1) is 6.92 Å². The lowest BCUT2D eigenvalue weighted by Gasteiger charge is -2.31. The van der Waals surface area contributed by atoms with Crippen molar-refractivity contribution in [2.75, 3.05) is 4.90 Å². The highest BCUT2D eigenvalue weighted by Gasteiger charge is 2.26. The third kappa shape index (κ3) is 4.76. The molecule has 0 atom stereocenters. The van der Waals surface area contributed by atoms with Crippen molar-refractivity contribution in [1.29, 1.82) is 0 Å². The Labute approximate surface area is 294 Å². The molecule has 238 valence electrons. The van der Waals surface area contributed by atoms with Crippen LogP contribution in [0.5, 0.6) is 0 Å². The summed E-state index contributed by atoms with van der Waals surface area (Å²) in [6, 6.07) is 59.0. The van der Waals surface area contributed by atoms with Gasteiger partial charge in [0, 0.05) is 16.9 Å². The van der Waals surface area contributed by atoms with Crippen LogP contribution < -0.4 is 4.90 Å². The summed E-state index contributed by atoms with van der Waals surface area (Å²) in [6.07, 6.45) is 4.79. The Balaban J connectivity index is 1.12. The molecule has 0 saturated heterocycles. The predicted molar refractivity (Wildman–Crippen MR) is 213 cm³/mol. The molecule has 0 heterocycles. The highest BCUT2D eigenvalue weighted by Crippen LogP contribution is 2.51. The van der Waals surface area contributed by atoms with Crippen LogP contribution in [-0.2, 0) is 12.8 Å². The molecule has 1 heteroatoms. The summed E-state index contributed by atoms with van der Waals surface area (Å²) in [7, 11) is 0. The lowest BCUT2D eigenvalue weighted by Crippen LogP contribution is -2.14. The zero-order valence-corrected chi connectivity index (χ0v) is 28.3. The number of rotatable bonds is 5. The molecule has 0 spiro atoms. The Morgan fingerprint density at radius 3 is 1.70 bits per heavy atom. The van der Waals surface area contributed by atoms with Crippen molar-refractivity contribution < 1.29 is 0 Å². The van der Waals surface area contributed by atoms with Crippen molar-refractivity contribution in [2.24, 2.45) is 0 Å². The monoisotopic (exact) mass is 639 g/mol. The summed E-state index contributed by atoms with van der Waals surface area (Å²) in [6.45, 7) is 2.17. The lowest BCUT2D eigenvalue weighted by molar-refractivity contribution is 0.687. The fraction of sp³-hybridized carbons (Fsp3) is 0.102. The van der Waals surface area contributed by atoms with Gasteiger partial charge in [0.2, 0.25) is 0 Å². The van der Waals surface area contributed by atoms with E-state index in [1.54, 1.807) is 0 Å². The number of hydrogen-bond donors (Lipinski definition) is 0. The third-order valence-electron chi connectivity index (χ3n) is 11.0. The van der Waals surface area contributed by atoms with E-state index in [0.717, 1.165) is 12.8 Å². The Morgan fingerprint density at radius 1 is 0.420 bits per heavy atom. The number of nitrogens with zero attached hydrogens (tertiary/aromatic N) is 1. The molecule has 0 radical (unpaired) electrons. The molecule has 8 aromatic rings. The van der Waals surface area contributed by atoms with Crippen LogP contribution in [0.1, 0.15) is 29.5 Å². The molecular formula is C49H37N. The van der Waals surface area contributed by atoms with E-state index in [-0.39, 0.29) is 0 Å². The first-order valence-electron chi connectivity index (χ1n) is 18.0. The first-order valence-corrected chi connectivity index (χ1v) is 18.0. The zero-order chi connectivity index (χ0) is 33.2. The largest absolute Gasteiger partial charge is 0.310 e. The molecule has 0 aliphatic heterocycles. The smallest absolute Gasteiger partial charge is 0.0543 e. The first kappa shape index (κ1) is 29.0. The molecule has 2 aliphatic carbocycles. The fourth-order valence-corrected chi connectivity index (χ4v) is 8.41. The van der Waals surface area contributed by atoms with E-state index < -0.39 is 0 Å². The van der Waals surface area contributed by atoms with Crippen molar-refractivity contribution in [3.05, 3.63) is 174 Å². The molecule has 0 saturated carbocycles. The average Bonchev–Trinajstić information content (AvgIpc) is 3.17. The maximum absolute atomic E-state index is 2.49. The number of anilines is 3. The summed E-state index contributed by atoms with van der Waals surface area (Å²) in [5.41, 5.74) is 18.5. The third-order valence-corrected chi connectivity index (χ3v) is 11.0. The maximum Gasteiger partial charge on any atom is 0.0543 e. The van der Waals surface area contributed by atoms with E-state index in [1.165, 1.54) is 113 Å². The van der Waals surface area contributed by atoms with Crippen LogP contribution in [0.3, 0.4) is 0 Å². The van der Waals surface area contributed by atoms with Crippen molar-refractivity contribution in [3.63, 3.8) is 0 Å². The minimum Gasteiger partial charge on any atom is -0.310 e. The highest BCUT2D eigenvalue weighted by molar-refractivity contribution is 6.12. The molecule has 0 aromatic heterocycles. The van der Waals surface area contributed by atoms with E-state index in [0.29, 0.717) is 0 Å². The van der Waals surface area contributed by atoms with Gasteiger partial charge in [-0.25, -0.2) is 0 Å². The molecule has 1 nitrogen and oxygen atoms in total. The van der Waals surface area contributed by atoms with Gasteiger partial charge in [-0.2, -0.15) is 0 Å². The van der Waals surface area contributed by atoms with Gasteiger partial charge in [-0.1, -0.05) is 103 Å². The second-order valence-corrected chi connectivity index (χ2v) is 14.1. The van der Waals surface area contributed by atoms with Crippen LogP contribution >= 0.6 is 0 Å². The Bertz CT molecular complexity index is 2580. The number of hydrogen-bond acceptors (Lipinski definition) is 1.